The molecule has 1 aromatic rings. The molecule has 1 saturated carbocycles. The van der Waals surface area contributed by atoms with Crippen LogP contribution < -0.4 is 5.32 Å². The number of carboxylic acids is 1. The molecular weight excluding hydrogens is 318 g/mol. The summed E-state index contributed by atoms with van der Waals surface area (Å²) < 4.78 is 1.11. The van der Waals surface area contributed by atoms with E-state index < -0.39 is 5.97 Å². The van der Waals surface area contributed by atoms with Crippen molar-refractivity contribution in [1.82, 2.24) is 5.32 Å². The Hall–Kier alpha value is -0.870. The number of aliphatic carboxylic acids is 1. The summed E-state index contributed by atoms with van der Waals surface area (Å²) in [6, 6.07) is 9.31. The van der Waals surface area contributed by atoms with Crippen molar-refractivity contribution in [2.24, 2.45) is 5.92 Å². The van der Waals surface area contributed by atoms with Gasteiger partial charge in [0.05, 0.1) is 5.92 Å². The third-order valence-electron chi connectivity index (χ3n) is 4.05. The van der Waals surface area contributed by atoms with Crippen LogP contribution in [0.15, 0.2) is 28.7 Å². The summed E-state index contributed by atoms with van der Waals surface area (Å²) in [5.41, 5.74) is 1.33. The Balaban J connectivity index is 1.76. The number of hydrogen-bond acceptors (Lipinski definition) is 2. The molecule has 110 valence electrons. The molecule has 0 amide bonds. The fourth-order valence-electron chi connectivity index (χ4n) is 2.94. The highest BCUT2D eigenvalue weighted by Gasteiger charge is 2.26. The summed E-state index contributed by atoms with van der Waals surface area (Å²) in [5.74, 6) is -0.763. The van der Waals surface area contributed by atoms with Gasteiger partial charge in [-0.25, -0.2) is 0 Å². The van der Waals surface area contributed by atoms with Gasteiger partial charge in [0.2, 0.25) is 0 Å². The van der Waals surface area contributed by atoms with Gasteiger partial charge in [-0.15, -0.1) is 0 Å². The smallest absolute Gasteiger partial charge is 0.306 e. The molecule has 1 atom stereocenters. The fraction of sp³-hybridized carbons (Fsp3) is 0.562. The summed E-state index contributed by atoms with van der Waals surface area (Å²) in [6.07, 6.45) is 4.56. The zero-order valence-electron chi connectivity index (χ0n) is 11.8. The molecule has 4 heteroatoms. The Morgan fingerprint density at radius 2 is 1.90 bits per heavy atom. The van der Waals surface area contributed by atoms with Crippen LogP contribution in [0.5, 0.6) is 0 Å². The van der Waals surface area contributed by atoms with Gasteiger partial charge < -0.3 is 10.4 Å². The zero-order valence-corrected chi connectivity index (χ0v) is 13.4. The summed E-state index contributed by atoms with van der Waals surface area (Å²) in [6.45, 7) is 2.20. The van der Waals surface area contributed by atoms with Crippen LogP contribution >= 0.6 is 15.9 Å². The lowest BCUT2D eigenvalue weighted by molar-refractivity contribution is -0.142. The normalized spacial score (nSPS) is 24.3. The Bertz CT molecular complexity index is 438. The van der Waals surface area contributed by atoms with E-state index in [9.17, 15) is 4.79 Å². The van der Waals surface area contributed by atoms with Crippen LogP contribution in [0.3, 0.4) is 0 Å². The molecule has 1 aliphatic carbocycles. The number of rotatable bonds is 5. The molecule has 1 aliphatic rings. The van der Waals surface area contributed by atoms with Crippen LogP contribution in [0, 0.1) is 5.92 Å². The number of hydrogen-bond donors (Lipinski definition) is 2. The molecule has 2 rings (SSSR count). The fourth-order valence-corrected chi connectivity index (χ4v) is 3.21. The lowest BCUT2D eigenvalue weighted by Gasteiger charge is -2.29. The van der Waals surface area contributed by atoms with Gasteiger partial charge in [-0.05, 0) is 56.7 Å². The SMILES string of the molecule is CC(Cc1ccc(Br)cc1)NC1CCC(C(=O)O)CC1. The molecule has 0 spiro atoms. The van der Waals surface area contributed by atoms with Crippen LogP contribution in [0.25, 0.3) is 0 Å². The summed E-state index contributed by atoms with van der Waals surface area (Å²) in [7, 11) is 0. The highest BCUT2D eigenvalue weighted by molar-refractivity contribution is 9.10. The summed E-state index contributed by atoms with van der Waals surface area (Å²) in [5, 5.41) is 12.6. The quantitative estimate of drug-likeness (QED) is 0.861. The third kappa shape index (κ3) is 4.60. The Morgan fingerprint density at radius 1 is 1.30 bits per heavy atom. The van der Waals surface area contributed by atoms with Crippen molar-refractivity contribution in [3.05, 3.63) is 34.3 Å². The Morgan fingerprint density at radius 3 is 2.45 bits per heavy atom. The van der Waals surface area contributed by atoms with Crippen LogP contribution in [0.4, 0.5) is 0 Å². The maximum Gasteiger partial charge on any atom is 0.306 e. The first-order valence-electron chi connectivity index (χ1n) is 7.28. The molecule has 0 saturated heterocycles. The van der Waals surface area contributed by atoms with Gasteiger partial charge in [0.1, 0.15) is 0 Å². The van der Waals surface area contributed by atoms with Gasteiger partial charge in [-0.1, -0.05) is 28.1 Å². The molecule has 0 aromatic heterocycles. The predicted octanol–water partition coefficient (Wildman–Crippen LogP) is 3.61. The van der Waals surface area contributed by atoms with Crippen LogP contribution in [0.2, 0.25) is 0 Å². The maximum absolute atomic E-state index is 10.9. The number of nitrogens with one attached hydrogen (secondary N) is 1. The first-order chi connectivity index (χ1) is 9.54. The van der Waals surface area contributed by atoms with Gasteiger partial charge >= 0.3 is 5.97 Å². The summed E-state index contributed by atoms with van der Waals surface area (Å²) in [4.78, 5) is 10.9. The van der Waals surface area contributed by atoms with Crippen molar-refractivity contribution < 1.29 is 9.90 Å². The van der Waals surface area contributed by atoms with E-state index in [0.717, 1.165) is 36.6 Å². The van der Waals surface area contributed by atoms with E-state index in [1.165, 1.54) is 5.56 Å². The molecule has 0 heterocycles. The predicted molar refractivity (Wildman–Crippen MR) is 83.8 cm³/mol. The van der Waals surface area contributed by atoms with Crippen LogP contribution in [-0.4, -0.2) is 23.2 Å². The van der Waals surface area contributed by atoms with Crippen molar-refractivity contribution >= 4 is 21.9 Å². The molecule has 0 bridgehead atoms. The standard InChI is InChI=1S/C16H22BrNO2/c1-11(10-12-2-6-14(17)7-3-12)18-15-8-4-13(5-9-15)16(19)20/h2-3,6-7,11,13,15,18H,4-5,8-10H2,1H3,(H,19,20). The first kappa shape index (κ1) is 15.5. The Labute approximate surface area is 128 Å². The highest BCUT2D eigenvalue weighted by Crippen LogP contribution is 2.25. The average Bonchev–Trinajstić information content (AvgIpc) is 2.42. The monoisotopic (exact) mass is 339 g/mol. The van der Waals surface area contributed by atoms with E-state index in [1.807, 2.05) is 0 Å². The minimum atomic E-state index is -0.633. The van der Waals surface area contributed by atoms with Gasteiger partial charge in [-0.2, -0.15) is 0 Å². The van der Waals surface area contributed by atoms with Crippen LogP contribution in [-0.2, 0) is 11.2 Å². The minimum absolute atomic E-state index is 0.130. The van der Waals surface area contributed by atoms with Crippen molar-refractivity contribution in [1.29, 1.82) is 0 Å². The van der Waals surface area contributed by atoms with Crippen molar-refractivity contribution in [2.45, 2.75) is 51.1 Å². The number of halogens is 1. The average molecular weight is 340 g/mol. The van der Waals surface area contributed by atoms with E-state index in [1.54, 1.807) is 0 Å². The molecule has 3 nitrogen and oxygen atoms in total. The lowest BCUT2D eigenvalue weighted by Crippen LogP contribution is -2.40. The largest absolute Gasteiger partial charge is 0.481 e. The topological polar surface area (TPSA) is 49.3 Å². The second kappa shape index (κ2) is 7.23. The molecular formula is C16H22BrNO2. The molecule has 2 N–H and O–H groups in total. The number of benzene rings is 1. The minimum Gasteiger partial charge on any atom is -0.481 e. The highest BCUT2D eigenvalue weighted by atomic mass is 79.9. The molecule has 1 unspecified atom stereocenters. The van der Waals surface area contributed by atoms with Gasteiger partial charge in [0.15, 0.2) is 0 Å². The second-order valence-corrected chi connectivity index (χ2v) is 6.70. The van der Waals surface area contributed by atoms with Crippen molar-refractivity contribution in [3.8, 4) is 0 Å². The first-order valence-corrected chi connectivity index (χ1v) is 8.07. The van der Waals surface area contributed by atoms with Gasteiger partial charge in [0, 0.05) is 16.6 Å². The van der Waals surface area contributed by atoms with Gasteiger partial charge in [-0.3, -0.25) is 4.79 Å². The molecule has 1 aromatic carbocycles. The van der Waals surface area contributed by atoms with Gasteiger partial charge in [0.25, 0.3) is 0 Å². The summed E-state index contributed by atoms with van der Waals surface area (Å²) >= 11 is 3.44. The van der Waals surface area contributed by atoms with Crippen molar-refractivity contribution in [3.63, 3.8) is 0 Å². The lowest BCUT2D eigenvalue weighted by atomic mass is 9.85. The molecule has 0 aliphatic heterocycles. The number of carbonyl (C=O) groups is 1. The van der Waals surface area contributed by atoms with E-state index >= 15 is 0 Å². The van der Waals surface area contributed by atoms with Crippen molar-refractivity contribution in [2.75, 3.05) is 0 Å². The Kier molecular flexibility index (Phi) is 5.61. The molecule has 1 fully saturated rings. The zero-order chi connectivity index (χ0) is 14.5. The maximum atomic E-state index is 10.9. The number of carboxylic acid groups (broad SMARTS) is 1. The second-order valence-electron chi connectivity index (χ2n) is 5.79. The molecule has 20 heavy (non-hydrogen) atoms. The third-order valence-corrected chi connectivity index (χ3v) is 4.58. The van der Waals surface area contributed by atoms with E-state index in [4.69, 9.17) is 5.11 Å². The van der Waals surface area contributed by atoms with E-state index in [-0.39, 0.29) is 5.92 Å². The molecule has 0 radical (unpaired) electrons. The van der Waals surface area contributed by atoms with E-state index in [0.29, 0.717) is 12.1 Å². The van der Waals surface area contributed by atoms with Crippen LogP contribution in [0.1, 0.15) is 38.2 Å². The van der Waals surface area contributed by atoms with E-state index in [2.05, 4.69) is 52.4 Å².